The Morgan fingerprint density at radius 2 is 1.24 bits per heavy atom. The molecule has 2 aliphatic heterocycles. The van der Waals surface area contributed by atoms with Crippen LogP contribution in [0.5, 0.6) is 0 Å². The SMILES string of the molecule is O=CC12[B]C(C(=O)O)(CCCCCCC1)CCCCCC2. The summed E-state index contributed by atoms with van der Waals surface area (Å²) in [6, 6.07) is 0. The summed E-state index contributed by atoms with van der Waals surface area (Å²) in [6.07, 6.45) is 13.9. The van der Waals surface area contributed by atoms with Gasteiger partial charge in [-0.1, -0.05) is 57.8 Å². The molecule has 2 heterocycles. The van der Waals surface area contributed by atoms with Crippen LogP contribution in [-0.4, -0.2) is 24.6 Å². The molecule has 1 radical (unpaired) electrons. The number of carboxylic acids is 1. The Morgan fingerprint density at radius 1 is 0.810 bits per heavy atom. The Hall–Kier alpha value is -0.795. The summed E-state index contributed by atoms with van der Waals surface area (Å²) in [5, 5.41) is 8.62. The predicted molar refractivity (Wildman–Crippen MR) is 84.9 cm³/mol. The number of aliphatic carboxylic acids is 1. The highest BCUT2D eigenvalue weighted by atomic mass is 16.4. The molecule has 0 aromatic rings. The van der Waals surface area contributed by atoms with E-state index in [2.05, 4.69) is 0 Å². The number of fused-ring (bicyclic) bond motifs is 2. The number of carboxylic acid groups (broad SMARTS) is 1. The monoisotopic (exact) mass is 291 g/mol. The molecule has 2 atom stereocenters. The molecule has 21 heavy (non-hydrogen) atoms. The predicted octanol–water partition coefficient (Wildman–Crippen LogP) is 4.39. The molecular weight excluding hydrogens is 263 g/mol. The third-order valence-corrected chi connectivity index (χ3v) is 5.50. The fourth-order valence-corrected chi connectivity index (χ4v) is 4.19. The molecule has 0 aliphatic carbocycles. The van der Waals surface area contributed by atoms with E-state index in [1.807, 2.05) is 7.28 Å². The average Bonchev–Trinajstić information content (AvgIpc) is 2.56. The number of hydrogen-bond donors (Lipinski definition) is 1. The molecule has 2 fully saturated rings. The molecule has 1 N–H and O–H groups in total. The Balaban J connectivity index is 2.32. The Bertz CT molecular complexity index is 371. The third kappa shape index (κ3) is 4.11. The summed E-state index contributed by atoms with van der Waals surface area (Å²) >= 11 is 0. The molecule has 2 saturated heterocycles. The molecule has 0 amide bonds. The topological polar surface area (TPSA) is 54.4 Å². The Kier molecular flexibility index (Phi) is 5.89. The second-order valence-corrected chi connectivity index (χ2v) is 7.14. The standard InChI is InChI=1S/C17H28BO3/c19-14-16-10-6-2-1-3-8-12-17(18-16,15(20)21)13-9-5-4-7-11-16/h14H,1-13H2,(H,20,21). The van der Waals surface area contributed by atoms with Crippen LogP contribution in [0, 0.1) is 0 Å². The molecule has 0 spiro atoms. The smallest absolute Gasteiger partial charge is 0.301 e. The molecule has 0 aromatic heterocycles. The van der Waals surface area contributed by atoms with Gasteiger partial charge in [-0.15, -0.1) is 0 Å². The van der Waals surface area contributed by atoms with Crippen LogP contribution >= 0.6 is 0 Å². The van der Waals surface area contributed by atoms with Gasteiger partial charge in [-0.2, -0.15) is 0 Å². The van der Waals surface area contributed by atoms with E-state index < -0.39 is 16.6 Å². The van der Waals surface area contributed by atoms with Crippen LogP contribution in [0.25, 0.3) is 0 Å². The highest BCUT2D eigenvalue weighted by Gasteiger charge is 2.46. The minimum Gasteiger partial charge on any atom is -0.481 e. The minimum atomic E-state index is -0.775. The van der Waals surface area contributed by atoms with Gasteiger partial charge in [0.2, 0.25) is 0 Å². The van der Waals surface area contributed by atoms with Crippen molar-refractivity contribution in [1.29, 1.82) is 0 Å². The minimum absolute atomic E-state index is 0.500. The zero-order valence-electron chi connectivity index (χ0n) is 13.1. The lowest BCUT2D eigenvalue weighted by molar-refractivity contribution is -0.141. The fraction of sp³-hybridized carbons (Fsp3) is 0.882. The number of rotatable bonds is 2. The van der Waals surface area contributed by atoms with E-state index in [1.54, 1.807) is 0 Å². The number of hydrogen-bond acceptors (Lipinski definition) is 2. The van der Waals surface area contributed by atoms with Crippen LogP contribution in [0.4, 0.5) is 0 Å². The van der Waals surface area contributed by atoms with Crippen molar-refractivity contribution >= 4 is 19.5 Å². The van der Waals surface area contributed by atoms with Gasteiger partial charge in [-0.3, -0.25) is 4.79 Å². The molecule has 2 bridgehead atoms. The van der Waals surface area contributed by atoms with Gasteiger partial charge in [0.1, 0.15) is 6.29 Å². The second-order valence-electron chi connectivity index (χ2n) is 7.14. The lowest BCUT2D eigenvalue weighted by atomic mass is 9.35. The molecule has 3 nitrogen and oxygen atoms in total. The highest BCUT2D eigenvalue weighted by molar-refractivity contribution is 6.54. The first-order valence-electron chi connectivity index (χ1n) is 8.69. The van der Waals surface area contributed by atoms with Crippen molar-refractivity contribution in [3.8, 4) is 0 Å². The van der Waals surface area contributed by atoms with E-state index in [4.69, 9.17) is 0 Å². The summed E-state index contributed by atoms with van der Waals surface area (Å²) < 4.78 is 0. The lowest BCUT2D eigenvalue weighted by Crippen LogP contribution is -2.38. The van der Waals surface area contributed by atoms with Crippen molar-refractivity contribution in [3.63, 3.8) is 0 Å². The zero-order valence-corrected chi connectivity index (χ0v) is 13.1. The molecule has 2 rings (SSSR count). The van der Waals surface area contributed by atoms with Crippen molar-refractivity contribution in [2.24, 2.45) is 0 Å². The highest BCUT2D eigenvalue weighted by Crippen LogP contribution is 2.50. The third-order valence-electron chi connectivity index (χ3n) is 5.50. The van der Waals surface area contributed by atoms with Crippen molar-refractivity contribution in [1.82, 2.24) is 0 Å². The van der Waals surface area contributed by atoms with Crippen LogP contribution in [0.3, 0.4) is 0 Å². The van der Waals surface area contributed by atoms with Gasteiger partial charge in [-0.05, 0) is 31.0 Å². The van der Waals surface area contributed by atoms with Crippen LogP contribution in [-0.2, 0) is 9.59 Å². The largest absolute Gasteiger partial charge is 0.481 e. The van der Waals surface area contributed by atoms with Crippen molar-refractivity contribution < 1.29 is 14.7 Å². The lowest BCUT2D eigenvalue weighted by Gasteiger charge is -2.38. The molecule has 4 heteroatoms. The maximum absolute atomic E-state index is 12.0. The number of aldehydes is 1. The van der Waals surface area contributed by atoms with Crippen LogP contribution in [0.1, 0.15) is 83.5 Å². The van der Waals surface area contributed by atoms with E-state index in [1.165, 1.54) is 12.8 Å². The molecule has 0 aromatic carbocycles. The van der Waals surface area contributed by atoms with Crippen LogP contribution in [0.2, 0.25) is 10.6 Å². The summed E-state index contributed by atoms with van der Waals surface area (Å²) in [5.74, 6) is -0.712. The maximum atomic E-state index is 12.0. The Morgan fingerprint density at radius 3 is 1.67 bits per heavy atom. The molecule has 0 saturated carbocycles. The maximum Gasteiger partial charge on any atom is 0.301 e. The van der Waals surface area contributed by atoms with E-state index in [0.717, 1.165) is 64.1 Å². The zero-order chi connectivity index (χ0) is 15.2. The Labute approximate surface area is 129 Å². The summed E-state index contributed by atoms with van der Waals surface area (Å²) in [7, 11) is 1.98. The van der Waals surface area contributed by atoms with Gasteiger partial charge >= 0.3 is 5.97 Å². The van der Waals surface area contributed by atoms with Gasteiger partial charge in [0.15, 0.2) is 7.28 Å². The van der Waals surface area contributed by atoms with E-state index in [9.17, 15) is 14.7 Å². The normalized spacial score (nSPS) is 35.4. The van der Waals surface area contributed by atoms with Gasteiger partial charge in [0, 0.05) is 5.31 Å². The van der Waals surface area contributed by atoms with Crippen LogP contribution < -0.4 is 0 Å². The molecule has 117 valence electrons. The second kappa shape index (κ2) is 7.46. The first-order chi connectivity index (χ1) is 10.1. The van der Waals surface area contributed by atoms with E-state index in [0.29, 0.717) is 12.8 Å². The summed E-state index contributed by atoms with van der Waals surface area (Å²) in [5.41, 5.74) is 0. The van der Waals surface area contributed by atoms with E-state index >= 15 is 0 Å². The average molecular weight is 291 g/mol. The first-order valence-corrected chi connectivity index (χ1v) is 8.69. The first kappa shape index (κ1) is 16.6. The number of carbonyl (C=O) groups excluding carboxylic acids is 1. The van der Waals surface area contributed by atoms with Crippen LogP contribution in [0.15, 0.2) is 0 Å². The van der Waals surface area contributed by atoms with Gasteiger partial charge < -0.3 is 9.90 Å². The molecule has 2 unspecified atom stereocenters. The van der Waals surface area contributed by atoms with Gasteiger partial charge in [0.25, 0.3) is 0 Å². The van der Waals surface area contributed by atoms with Crippen molar-refractivity contribution in [2.75, 3.05) is 0 Å². The van der Waals surface area contributed by atoms with Crippen molar-refractivity contribution in [2.45, 2.75) is 94.1 Å². The summed E-state index contributed by atoms with van der Waals surface area (Å²) in [4.78, 5) is 23.9. The quantitative estimate of drug-likeness (QED) is 0.606. The molecular formula is C17H28BO3. The summed E-state index contributed by atoms with van der Waals surface area (Å²) in [6.45, 7) is 0. The van der Waals surface area contributed by atoms with Crippen molar-refractivity contribution in [3.05, 3.63) is 0 Å². The number of carbonyl (C=O) groups is 2. The molecule has 2 aliphatic rings. The fourth-order valence-electron chi connectivity index (χ4n) is 4.19. The van der Waals surface area contributed by atoms with E-state index in [-0.39, 0.29) is 0 Å². The van der Waals surface area contributed by atoms with Gasteiger partial charge in [-0.25, -0.2) is 0 Å². The van der Waals surface area contributed by atoms with Gasteiger partial charge in [0.05, 0.1) is 0 Å².